The number of aromatic nitrogens is 1. The van der Waals surface area contributed by atoms with Gasteiger partial charge < -0.3 is 15.6 Å². The molecule has 3 N–H and O–H groups in total. The summed E-state index contributed by atoms with van der Waals surface area (Å²) in [6.45, 7) is 0.191. The summed E-state index contributed by atoms with van der Waals surface area (Å²) < 4.78 is 5.22. The van der Waals surface area contributed by atoms with Gasteiger partial charge in [0.15, 0.2) is 0 Å². The van der Waals surface area contributed by atoms with Crippen LogP contribution in [0.25, 0.3) is 10.9 Å². The molecule has 1 heterocycles. The Morgan fingerprint density at radius 3 is 2.94 bits per heavy atom. The Labute approximate surface area is 93.7 Å². The first-order valence-electron chi connectivity index (χ1n) is 5.07. The monoisotopic (exact) mass is 218 g/mol. The zero-order valence-corrected chi connectivity index (χ0v) is 9.05. The van der Waals surface area contributed by atoms with Crippen LogP contribution in [0.5, 0.6) is 5.75 Å². The van der Waals surface area contributed by atoms with E-state index in [-0.39, 0.29) is 6.54 Å². The summed E-state index contributed by atoms with van der Waals surface area (Å²) in [5, 5.41) is 10.7. The molecule has 2 aromatic rings. The van der Waals surface area contributed by atoms with Crippen molar-refractivity contribution < 1.29 is 9.84 Å². The van der Waals surface area contributed by atoms with E-state index >= 15 is 0 Å². The van der Waals surface area contributed by atoms with Gasteiger partial charge in [-0.3, -0.25) is 4.98 Å². The van der Waals surface area contributed by atoms with E-state index in [4.69, 9.17) is 10.5 Å². The Bertz CT molecular complexity index is 499. The van der Waals surface area contributed by atoms with Crippen LogP contribution in [0.15, 0.2) is 30.5 Å². The molecule has 2 rings (SSSR count). The summed E-state index contributed by atoms with van der Waals surface area (Å²) in [4.78, 5) is 4.25. The molecule has 0 spiro atoms. The minimum Gasteiger partial charge on any atom is -0.494 e. The normalized spacial score (nSPS) is 12.7. The van der Waals surface area contributed by atoms with E-state index in [2.05, 4.69) is 4.98 Å². The summed E-state index contributed by atoms with van der Waals surface area (Å²) in [6.07, 6.45) is 1.03. The first-order chi connectivity index (χ1) is 7.77. The van der Waals surface area contributed by atoms with Crippen molar-refractivity contribution in [3.63, 3.8) is 0 Å². The van der Waals surface area contributed by atoms with Gasteiger partial charge >= 0.3 is 0 Å². The summed E-state index contributed by atoms with van der Waals surface area (Å²) in [5.41, 5.74) is 6.99. The van der Waals surface area contributed by atoms with Crippen molar-refractivity contribution in [2.75, 3.05) is 13.7 Å². The molecule has 1 atom stereocenters. The van der Waals surface area contributed by atoms with Crippen LogP contribution in [0.1, 0.15) is 11.7 Å². The molecule has 0 fully saturated rings. The van der Waals surface area contributed by atoms with Crippen molar-refractivity contribution in [3.05, 3.63) is 36.0 Å². The van der Waals surface area contributed by atoms with E-state index in [1.807, 2.05) is 18.2 Å². The molecule has 1 aromatic heterocycles. The van der Waals surface area contributed by atoms with E-state index in [0.717, 1.165) is 16.5 Å². The molecule has 16 heavy (non-hydrogen) atoms. The zero-order valence-electron chi connectivity index (χ0n) is 9.05. The molecule has 1 aromatic carbocycles. The summed E-state index contributed by atoms with van der Waals surface area (Å²) in [7, 11) is 1.60. The number of nitrogens with zero attached hydrogens (tertiary/aromatic N) is 1. The van der Waals surface area contributed by atoms with Gasteiger partial charge in [-0.2, -0.15) is 0 Å². The molecular weight excluding hydrogens is 204 g/mol. The first-order valence-corrected chi connectivity index (χ1v) is 5.07. The van der Waals surface area contributed by atoms with Crippen LogP contribution >= 0.6 is 0 Å². The lowest BCUT2D eigenvalue weighted by molar-refractivity contribution is 0.188. The van der Waals surface area contributed by atoms with Gasteiger partial charge in [0.25, 0.3) is 0 Å². The van der Waals surface area contributed by atoms with Crippen LogP contribution in [-0.2, 0) is 0 Å². The Morgan fingerprint density at radius 2 is 2.25 bits per heavy atom. The largest absolute Gasteiger partial charge is 0.494 e. The van der Waals surface area contributed by atoms with E-state index < -0.39 is 6.10 Å². The van der Waals surface area contributed by atoms with Crippen LogP contribution in [0.3, 0.4) is 0 Å². The van der Waals surface area contributed by atoms with Gasteiger partial charge in [-0.05, 0) is 17.7 Å². The highest BCUT2D eigenvalue weighted by molar-refractivity contribution is 5.87. The molecule has 0 saturated carbocycles. The number of hydrogen-bond donors (Lipinski definition) is 2. The van der Waals surface area contributed by atoms with Gasteiger partial charge in [0.2, 0.25) is 0 Å². The fourth-order valence-corrected chi connectivity index (χ4v) is 1.75. The highest BCUT2D eigenvalue weighted by Crippen LogP contribution is 2.29. The second-order valence-corrected chi connectivity index (χ2v) is 3.51. The minimum absolute atomic E-state index is 0.191. The lowest BCUT2D eigenvalue weighted by Gasteiger charge is -2.13. The number of hydrogen-bond acceptors (Lipinski definition) is 4. The average molecular weight is 218 g/mol. The molecule has 0 saturated heterocycles. The zero-order chi connectivity index (χ0) is 11.5. The standard InChI is InChI=1S/C12H14N2O2/c1-16-11-5-4-8(10(15)7-13)9-3-2-6-14-12(9)11/h2-6,10,15H,7,13H2,1H3. The lowest BCUT2D eigenvalue weighted by atomic mass is 10.0. The lowest BCUT2D eigenvalue weighted by Crippen LogP contribution is -2.12. The van der Waals surface area contributed by atoms with Crippen LogP contribution in [0.4, 0.5) is 0 Å². The van der Waals surface area contributed by atoms with E-state index in [9.17, 15) is 5.11 Å². The molecule has 0 aliphatic carbocycles. The number of aliphatic hydroxyl groups is 1. The Balaban J connectivity index is 2.69. The summed E-state index contributed by atoms with van der Waals surface area (Å²) >= 11 is 0. The molecule has 84 valence electrons. The van der Waals surface area contributed by atoms with Gasteiger partial charge in [0.05, 0.1) is 13.2 Å². The van der Waals surface area contributed by atoms with Gasteiger partial charge in [0.1, 0.15) is 11.3 Å². The van der Waals surface area contributed by atoms with Gasteiger partial charge in [0, 0.05) is 18.1 Å². The van der Waals surface area contributed by atoms with Gasteiger partial charge in [-0.25, -0.2) is 0 Å². The molecule has 4 nitrogen and oxygen atoms in total. The maximum absolute atomic E-state index is 9.80. The predicted octanol–water partition coefficient (Wildman–Crippen LogP) is 1.24. The molecule has 1 unspecified atom stereocenters. The quantitative estimate of drug-likeness (QED) is 0.813. The number of methoxy groups -OCH3 is 1. The molecule has 0 aliphatic rings. The van der Waals surface area contributed by atoms with Crippen LogP contribution in [0.2, 0.25) is 0 Å². The van der Waals surface area contributed by atoms with E-state index in [1.54, 1.807) is 19.4 Å². The predicted molar refractivity (Wildman–Crippen MR) is 62.3 cm³/mol. The molecule has 0 aliphatic heterocycles. The Morgan fingerprint density at radius 1 is 1.44 bits per heavy atom. The van der Waals surface area contributed by atoms with Crippen LogP contribution in [-0.4, -0.2) is 23.7 Å². The SMILES string of the molecule is COc1ccc(C(O)CN)c2cccnc12. The van der Waals surface area contributed by atoms with Crippen molar-refractivity contribution in [1.82, 2.24) is 4.98 Å². The molecule has 0 bridgehead atoms. The van der Waals surface area contributed by atoms with E-state index in [0.29, 0.717) is 5.75 Å². The van der Waals surface area contributed by atoms with Crippen LogP contribution < -0.4 is 10.5 Å². The third-order valence-corrected chi connectivity index (χ3v) is 2.57. The maximum atomic E-state index is 9.80. The molecular formula is C12H14N2O2. The number of ether oxygens (including phenoxy) is 1. The first kappa shape index (κ1) is 10.9. The number of fused-ring (bicyclic) bond motifs is 1. The smallest absolute Gasteiger partial charge is 0.145 e. The number of benzene rings is 1. The third kappa shape index (κ3) is 1.73. The number of rotatable bonds is 3. The second kappa shape index (κ2) is 4.47. The van der Waals surface area contributed by atoms with Gasteiger partial charge in [-0.1, -0.05) is 12.1 Å². The van der Waals surface area contributed by atoms with Crippen molar-refractivity contribution in [1.29, 1.82) is 0 Å². The Hall–Kier alpha value is -1.65. The van der Waals surface area contributed by atoms with Crippen molar-refractivity contribution in [2.24, 2.45) is 5.73 Å². The fourth-order valence-electron chi connectivity index (χ4n) is 1.75. The summed E-state index contributed by atoms with van der Waals surface area (Å²) in [6, 6.07) is 7.34. The minimum atomic E-state index is -0.669. The topological polar surface area (TPSA) is 68.4 Å². The summed E-state index contributed by atoms with van der Waals surface area (Å²) in [5.74, 6) is 0.698. The fraction of sp³-hybridized carbons (Fsp3) is 0.250. The Kier molecular flexibility index (Phi) is 3.03. The van der Waals surface area contributed by atoms with Crippen molar-refractivity contribution in [3.8, 4) is 5.75 Å². The number of nitrogens with two attached hydrogens (primary N) is 1. The van der Waals surface area contributed by atoms with Gasteiger partial charge in [-0.15, -0.1) is 0 Å². The number of pyridine rings is 1. The highest BCUT2D eigenvalue weighted by Gasteiger charge is 2.12. The van der Waals surface area contributed by atoms with Crippen molar-refractivity contribution in [2.45, 2.75) is 6.10 Å². The molecule has 0 amide bonds. The molecule has 4 heteroatoms. The highest BCUT2D eigenvalue weighted by atomic mass is 16.5. The third-order valence-electron chi connectivity index (χ3n) is 2.57. The molecule has 0 radical (unpaired) electrons. The van der Waals surface area contributed by atoms with Crippen LogP contribution in [0, 0.1) is 0 Å². The second-order valence-electron chi connectivity index (χ2n) is 3.51. The van der Waals surface area contributed by atoms with Crippen molar-refractivity contribution >= 4 is 10.9 Å². The average Bonchev–Trinajstić information content (AvgIpc) is 2.36. The number of aliphatic hydroxyl groups excluding tert-OH is 1. The maximum Gasteiger partial charge on any atom is 0.145 e. The van der Waals surface area contributed by atoms with E-state index in [1.165, 1.54) is 0 Å².